The number of benzene rings is 1. The number of carbonyl (C=O) groups excluding carboxylic acids is 1. The number of rotatable bonds is 2. The molecular formula is C8H8O2Se. The van der Waals surface area contributed by atoms with Gasteiger partial charge in [-0.1, -0.05) is 0 Å². The van der Waals surface area contributed by atoms with E-state index in [1.807, 2.05) is 16.0 Å². The molecule has 0 amide bonds. The van der Waals surface area contributed by atoms with Gasteiger partial charge in [0.05, 0.1) is 0 Å². The summed E-state index contributed by atoms with van der Waals surface area (Å²) in [5.41, 5.74) is 0.686. The van der Waals surface area contributed by atoms with E-state index in [0.717, 1.165) is 5.75 Å². The van der Waals surface area contributed by atoms with Gasteiger partial charge in [0.1, 0.15) is 0 Å². The van der Waals surface area contributed by atoms with E-state index >= 15 is 0 Å². The van der Waals surface area contributed by atoms with Gasteiger partial charge in [-0.3, -0.25) is 0 Å². The fourth-order valence-corrected chi connectivity index (χ4v) is 1.05. The van der Waals surface area contributed by atoms with Gasteiger partial charge in [-0.05, 0) is 0 Å². The summed E-state index contributed by atoms with van der Waals surface area (Å²) in [6.07, 6.45) is 0. The van der Waals surface area contributed by atoms with E-state index in [4.69, 9.17) is 4.74 Å². The van der Waals surface area contributed by atoms with E-state index < -0.39 is 0 Å². The molecule has 0 fully saturated rings. The number of ether oxygens (including phenoxy) is 1. The van der Waals surface area contributed by atoms with Crippen LogP contribution in [-0.4, -0.2) is 27.8 Å². The monoisotopic (exact) mass is 216 g/mol. The first-order valence-corrected chi connectivity index (χ1v) is 4.05. The van der Waals surface area contributed by atoms with Gasteiger partial charge in [0, 0.05) is 0 Å². The summed E-state index contributed by atoms with van der Waals surface area (Å²) in [6, 6.07) is 7.00. The number of hydrogen-bond acceptors (Lipinski definition) is 2. The molecule has 0 radical (unpaired) electrons. The van der Waals surface area contributed by atoms with Gasteiger partial charge in [0.25, 0.3) is 0 Å². The summed E-state index contributed by atoms with van der Waals surface area (Å²) in [5.74, 6) is 0.766. The number of methoxy groups -OCH3 is 1. The van der Waals surface area contributed by atoms with E-state index in [1.54, 1.807) is 31.4 Å². The Hall–Kier alpha value is -0.791. The van der Waals surface area contributed by atoms with E-state index in [-0.39, 0.29) is 4.68 Å². The van der Waals surface area contributed by atoms with Crippen LogP contribution in [0.4, 0.5) is 0 Å². The maximum absolute atomic E-state index is 10.8. The molecule has 0 atom stereocenters. The Bertz CT molecular complexity index is 253. The van der Waals surface area contributed by atoms with Crippen LogP contribution in [0, 0.1) is 0 Å². The third kappa shape index (κ3) is 2.07. The van der Waals surface area contributed by atoms with E-state index in [2.05, 4.69) is 0 Å². The first-order valence-electron chi connectivity index (χ1n) is 3.11. The Morgan fingerprint density at radius 2 is 1.91 bits per heavy atom. The molecule has 2 nitrogen and oxygen atoms in total. The van der Waals surface area contributed by atoms with Crippen molar-refractivity contribution >= 4 is 20.7 Å². The van der Waals surface area contributed by atoms with Crippen LogP contribution < -0.4 is 4.74 Å². The normalized spacial score (nSPS) is 9.27. The minimum atomic E-state index is 0.0140. The average Bonchev–Trinajstić information content (AvgIpc) is 2.05. The fraction of sp³-hybridized carbons (Fsp3) is 0.125. The summed E-state index contributed by atoms with van der Waals surface area (Å²) in [6.45, 7) is 0. The Labute approximate surface area is 73.4 Å². The summed E-state index contributed by atoms with van der Waals surface area (Å²) >= 11 is 1.98. The van der Waals surface area contributed by atoms with Gasteiger partial charge in [-0.25, -0.2) is 0 Å². The SMILES string of the molecule is COc1ccc(C(=O)[SeH])cc1. The first-order chi connectivity index (χ1) is 5.24. The molecule has 0 aromatic heterocycles. The van der Waals surface area contributed by atoms with Crippen LogP contribution in [0.2, 0.25) is 0 Å². The van der Waals surface area contributed by atoms with E-state index in [1.165, 1.54) is 0 Å². The van der Waals surface area contributed by atoms with Gasteiger partial charge in [0.2, 0.25) is 0 Å². The Kier molecular flexibility index (Phi) is 2.69. The van der Waals surface area contributed by atoms with Crippen LogP contribution in [0.5, 0.6) is 5.75 Å². The third-order valence-corrected chi connectivity index (χ3v) is 1.88. The fourth-order valence-electron chi connectivity index (χ4n) is 0.734. The van der Waals surface area contributed by atoms with Crippen molar-refractivity contribution in [2.75, 3.05) is 7.11 Å². The van der Waals surface area contributed by atoms with Crippen molar-refractivity contribution in [3.05, 3.63) is 29.8 Å². The summed E-state index contributed by atoms with van der Waals surface area (Å²) in [4.78, 5) is 10.8. The molecule has 0 aliphatic heterocycles. The van der Waals surface area contributed by atoms with Crippen LogP contribution in [0.15, 0.2) is 24.3 Å². The molecule has 0 saturated heterocycles. The molecule has 1 rings (SSSR count). The van der Waals surface area contributed by atoms with Crippen molar-refractivity contribution in [1.29, 1.82) is 0 Å². The van der Waals surface area contributed by atoms with Gasteiger partial charge in [-0.15, -0.1) is 0 Å². The van der Waals surface area contributed by atoms with Crippen LogP contribution in [0.25, 0.3) is 0 Å². The molecule has 11 heavy (non-hydrogen) atoms. The predicted octanol–water partition coefficient (Wildman–Crippen LogP) is 0.736. The second-order valence-corrected chi connectivity index (χ2v) is 2.89. The third-order valence-electron chi connectivity index (χ3n) is 1.34. The van der Waals surface area contributed by atoms with Crippen LogP contribution in [0.3, 0.4) is 0 Å². The molecule has 58 valence electrons. The quantitative estimate of drug-likeness (QED) is 0.680. The van der Waals surface area contributed by atoms with E-state index in [0.29, 0.717) is 5.56 Å². The molecule has 0 heterocycles. The van der Waals surface area contributed by atoms with Crippen molar-refractivity contribution in [2.45, 2.75) is 0 Å². The summed E-state index contributed by atoms with van der Waals surface area (Å²) in [7, 11) is 1.60. The molecule has 0 saturated carbocycles. The second kappa shape index (κ2) is 3.56. The van der Waals surface area contributed by atoms with Crippen molar-refractivity contribution in [3.63, 3.8) is 0 Å². The number of carbonyl (C=O) groups is 1. The summed E-state index contributed by atoms with van der Waals surface area (Å²) < 4.78 is 4.95. The summed E-state index contributed by atoms with van der Waals surface area (Å²) in [5, 5.41) is 0. The molecule has 0 spiro atoms. The van der Waals surface area contributed by atoms with Crippen LogP contribution in [-0.2, 0) is 0 Å². The molecule has 3 heteroatoms. The average molecular weight is 215 g/mol. The molecule has 0 bridgehead atoms. The second-order valence-electron chi connectivity index (χ2n) is 2.03. The molecular weight excluding hydrogens is 207 g/mol. The standard InChI is InChI=1S/C8H8O2Se/c1-10-7-4-2-6(3-5-7)8(9)11/h2-5H,1H3,(H,9,11). The molecule has 1 aromatic rings. The zero-order valence-electron chi connectivity index (χ0n) is 6.07. The number of hydrogen-bond donors (Lipinski definition) is 0. The zero-order chi connectivity index (χ0) is 8.27. The molecule has 1 aromatic carbocycles. The van der Waals surface area contributed by atoms with Crippen LogP contribution in [0.1, 0.15) is 10.4 Å². The molecule has 0 unspecified atom stereocenters. The molecule has 0 aliphatic carbocycles. The predicted molar refractivity (Wildman–Crippen MR) is 44.5 cm³/mol. The van der Waals surface area contributed by atoms with E-state index in [9.17, 15) is 4.79 Å². The van der Waals surface area contributed by atoms with Gasteiger partial charge in [-0.2, -0.15) is 0 Å². The van der Waals surface area contributed by atoms with Crippen molar-refractivity contribution < 1.29 is 9.53 Å². The van der Waals surface area contributed by atoms with Crippen molar-refractivity contribution in [3.8, 4) is 5.75 Å². The Morgan fingerprint density at radius 1 is 1.36 bits per heavy atom. The maximum atomic E-state index is 10.8. The molecule has 0 N–H and O–H groups in total. The molecule has 0 aliphatic rings. The van der Waals surface area contributed by atoms with Crippen molar-refractivity contribution in [1.82, 2.24) is 0 Å². The topological polar surface area (TPSA) is 26.3 Å². The first kappa shape index (κ1) is 8.31. The van der Waals surface area contributed by atoms with Crippen molar-refractivity contribution in [2.24, 2.45) is 0 Å². The van der Waals surface area contributed by atoms with Gasteiger partial charge < -0.3 is 0 Å². The Morgan fingerprint density at radius 3 is 2.27 bits per heavy atom. The van der Waals surface area contributed by atoms with Gasteiger partial charge >= 0.3 is 72.9 Å². The zero-order valence-corrected chi connectivity index (χ0v) is 7.95. The Balaban J connectivity index is 2.91. The van der Waals surface area contributed by atoms with Gasteiger partial charge in [0.15, 0.2) is 0 Å². The van der Waals surface area contributed by atoms with Crippen LogP contribution >= 0.6 is 0 Å². The minimum absolute atomic E-state index is 0.0140.